The molecule has 1 aromatic rings. The minimum absolute atomic E-state index is 0.412. The molecule has 8 heteroatoms. The molecule has 0 aromatic heterocycles. The van der Waals surface area contributed by atoms with E-state index < -0.39 is 12.1 Å². The number of anilines is 1. The Kier molecular flexibility index (Phi) is 5.42. The number of quaternary nitrogens is 1. The van der Waals surface area contributed by atoms with Crippen molar-refractivity contribution in [2.24, 2.45) is 10.2 Å². The average Bonchev–Trinajstić information content (AvgIpc) is 2.85. The first-order valence-corrected chi connectivity index (χ1v) is 7.55. The van der Waals surface area contributed by atoms with Gasteiger partial charge in [0.25, 0.3) is 0 Å². The van der Waals surface area contributed by atoms with E-state index in [1.807, 2.05) is 0 Å². The van der Waals surface area contributed by atoms with Crippen LogP contribution in [-0.4, -0.2) is 50.8 Å². The number of imide groups is 1. The van der Waals surface area contributed by atoms with Crippen molar-refractivity contribution in [1.82, 2.24) is 5.48 Å². The molecule has 0 atom stereocenters. The summed E-state index contributed by atoms with van der Waals surface area (Å²) in [5.41, 5.74) is 4.61. The van der Waals surface area contributed by atoms with Crippen molar-refractivity contribution < 1.29 is 18.9 Å². The summed E-state index contributed by atoms with van der Waals surface area (Å²) in [5, 5.41) is 6.44. The lowest BCUT2D eigenvalue weighted by molar-refractivity contribution is -0.870. The minimum Gasteiger partial charge on any atom is -0.331 e. The predicted octanol–water partition coefficient (Wildman–Crippen LogP) is 2.79. The van der Waals surface area contributed by atoms with Crippen LogP contribution in [0.1, 0.15) is 12.0 Å². The molecule has 1 heterocycles. The Morgan fingerprint density at radius 1 is 1.17 bits per heavy atom. The van der Waals surface area contributed by atoms with Crippen LogP contribution in [0.15, 0.2) is 41.1 Å². The molecule has 128 valence electrons. The Morgan fingerprint density at radius 2 is 1.75 bits per heavy atom. The lowest BCUT2D eigenvalue weighted by atomic mass is 10.1. The fourth-order valence-corrected chi connectivity index (χ4v) is 2.10. The number of carbonyl (C=O) groups is 2. The Balaban J connectivity index is 1.83. The Morgan fingerprint density at radius 3 is 2.29 bits per heavy atom. The SMILES string of the molecule is C=C(NOCCC[N+](C)(C)C)c1ccc(N2C(=O)N=NC2=O)cc1. The molecule has 0 radical (unpaired) electrons. The van der Waals surface area contributed by atoms with Crippen molar-refractivity contribution in [3.8, 4) is 0 Å². The molecule has 2 rings (SSSR count). The van der Waals surface area contributed by atoms with Crippen molar-refractivity contribution in [3.05, 3.63) is 36.4 Å². The first-order valence-electron chi connectivity index (χ1n) is 7.55. The monoisotopic (exact) mass is 332 g/mol. The summed E-state index contributed by atoms with van der Waals surface area (Å²) in [7, 11) is 6.39. The highest BCUT2D eigenvalue weighted by molar-refractivity contribution is 6.17. The lowest BCUT2D eigenvalue weighted by Gasteiger charge is -2.23. The van der Waals surface area contributed by atoms with Gasteiger partial charge in [0.05, 0.1) is 45.7 Å². The van der Waals surface area contributed by atoms with E-state index in [-0.39, 0.29) is 0 Å². The van der Waals surface area contributed by atoms with Gasteiger partial charge in [0.1, 0.15) is 0 Å². The molecule has 24 heavy (non-hydrogen) atoms. The summed E-state index contributed by atoms with van der Waals surface area (Å²) in [6.45, 7) is 5.49. The van der Waals surface area contributed by atoms with E-state index in [9.17, 15) is 9.59 Å². The number of azo groups is 1. The van der Waals surface area contributed by atoms with Gasteiger partial charge >= 0.3 is 12.1 Å². The summed E-state index contributed by atoms with van der Waals surface area (Å²) in [5.74, 6) is 0. The Bertz CT molecular complexity index is 643. The van der Waals surface area contributed by atoms with Crippen LogP contribution >= 0.6 is 0 Å². The van der Waals surface area contributed by atoms with Crippen LogP contribution in [0.2, 0.25) is 0 Å². The molecule has 1 aliphatic heterocycles. The number of hydroxylamine groups is 1. The van der Waals surface area contributed by atoms with Gasteiger partial charge < -0.3 is 4.48 Å². The maximum absolute atomic E-state index is 11.5. The summed E-state index contributed by atoms with van der Waals surface area (Å²) >= 11 is 0. The number of carbonyl (C=O) groups excluding carboxylic acids is 2. The van der Waals surface area contributed by atoms with E-state index >= 15 is 0 Å². The molecule has 1 aliphatic rings. The zero-order valence-electron chi connectivity index (χ0n) is 14.2. The molecule has 1 N–H and O–H groups in total. The number of nitrogens with one attached hydrogen (secondary N) is 1. The van der Waals surface area contributed by atoms with Gasteiger partial charge in [-0.25, -0.2) is 14.5 Å². The third kappa shape index (κ3) is 4.71. The second kappa shape index (κ2) is 7.33. The number of urea groups is 2. The largest absolute Gasteiger partial charge is 0.375 e. The summed E-state index contributed by atoms with van der Waals surface area (Å²) < 4.78 is 0.887. The van der Waals surface area contributed by atoms with Crippen molar-refractivity contribution in [1.29, 1.82) is 0 Å². The molecular formula is C16H22N5O3+. The number of rotatable bonds is 8. The molecule has 0 spiro atoms. The molecule has 1 aromatic carbocycles. The Labute approximate surface area is 141 Å². The van der Waals surface area contributed by atoms with Crippen LogP contribution < -0.4 is 10.4 Å². The highest BCUT2D eigenvalue weighted by atomic mass is 16.6. The highest BCUT2D eigenvalue weighted by Crippen LogP contribution is 2.22. The predicted molar refractivity (Wildman–Crippen MR) is 90.2 cm³/mol. The molecular weight excluding hydrogens is 310 g/mol. The van der Waals surface area contributed by atoms with E-state index in [0.29, 0.717) is 18.0 Å². The van der Waals surface area contributed by atoms with Crippen molar-refractivity contribution >= 4 is 23.4 Å². The molecule has 0 bridgehead atoms. The van der Waals surface area contributed by atoms with Gasteiger partial charge in [0.2, 0.25) is 0 Å². The molecule has 0 fully saturated rings. The molecule has 0 saturated heterocycles. The number of benzene rings is 1. The van der Waals surface area contributed by atoms with Crippen molar-refractivity contribution in [2.75, 3.05) is 39.2 Å². The lowest BCUT2D eigenvalue weighted by Crippen LogP contribution is -2.36. The van der Waals surface area contributed by atoms with E-state index in [0.717, 1.165) is 27.9 Å². The molecule has 0 unspecified atom stereocenters. The van der Waals surface area contributed by atoms with Crippen LogP contribution in [0.3, 0.4) is 0 Å². The van der Waals surface area contributed by atoms with Gasteiger partial charge in [0.15, 0.2) is 0 Å². The van der Waals surface area contributed by atoms with Gasteiger partial charge in [-0.05, 0) is 17.7 Å². The average molecular weight is 332 g/mol. The number of nitrogens with zero attached hydrogens (tertiary/aromatic N) is 4. The van der Waals surface area contributed by atoms with E-state index in [1.54, 1.807) is 24.3 Å². The van der Waals surface area contributed by atoms with Gasteiger partial charge in [-0.3, -0.25) is 10.3 Å². The topological polar surface area (TPSA) is 83.4 Å². The fourth-order valence-electron chi connectivity index (χ4n) is 2.10. The van der Waals surface area contributed by atoms with E-state index in [4.69, 9.17) is 4.84 Å². The van der Waals surface area contributed by atoms with Crippen molar-refractivity contribution in [2.45, 2.75) is 6.42 Å². The zero-order valence-corrected chi connectivity index (χ0v) is 14.2. The number of amides is 4. The normalized spacial score (nSPS) is 14.4. The highest BCUT2D eigenvalue weighted by Gasteiger charge is 2.28. The van der Waals surface area contributed by atoms with Gasteiger partial charge in [-0.2, -0.15) is 0 Å². The third-order valence-electron chi connectivity index (χ3n) is 3.35. The maximum atomic E-state index is 11.5. The van der Waals surface area contributed by atoms with Crippen molar-refractivity contribution in [3.63, 3.8) is 0 Å². The van der Waals surface area contributed by atoms with Crippen LogP contribution in [0.4, 0.5) is 15.3 Å². The first kappa shape index (κ1) is 17.8. The fraction of sp³-hybridized carbons (Fsp3) is 0.375. The van der Waals surface area contributed by atoms with Gasteiger partial charge in [-0.15, -0.1) is 0 Å². The van der Waals surface area contributed by atoms with Crippen LogP contribution in [0.5, 0.6) is 0 Å². The molecule has 4 amide bonds. The summed E-state index contributed by atoms with van der Waals surface area (Å²) in [6, 6.07) is 5.35. The molecule has 8 nitrogen and oxygen atoms in total. The zero-order chi connectivity index (χ0) is 17.7. The second-order valence-corrected chi connectivity index (χ2v) is 6.44. The maximum Gasteiger partial charge on any atom is 0.375 e. The number of hydrogen-bond acceptors (Lipinski definition) is 4. The third-order valence-corrected chi connectivity index (χ3v) is 3.35. The first-order chi connectivity index (χ1) is 11.3. The van der Waals surface area contributed by atoms with Gasteiger partial charge in [0, 0.05) is 6.42 Å². The minimum atomic E-state index is -0.690. The second-order valence-electron chi connectivity index (χ2n) is 6.44. The van der Waals surface area contributed by atoms with Crippen LogP contribution in [0, 0.1) is 0 Å². The summed E-state index contributed by atoms with van der Waals surface area (Å²) in [4.78, 5) is 29.2. The molecule has 0 saturated carbocycles. The standard InChI is InChI=1S/C16H22N5O3/c1-12(19-24-11-5-10-21(2,3)4)13-6-8-14(9-7-13)20-15(22)17-18-16(20)23/h6-9,19H,1,5,10-11H2,2-4H3/q+1. The smallest absolute Gasteiger partial charge is 0.331 e. The number of hydrogen-bond donors (Lipinski definition) is 1. The Hall–Kier alpha value is -2.58. The van der Waals surface area contributed by atoms with Crippen LogP contribution in [0.25, 0.3) is 5.70 Å². The quantitative estimate of drug-likeness (QED) is 0.451. The van der Waals surface area contributed by atoms with Crippen LogP contribution in [-0.2, 0) is 4.84 Å². The van der Waals surface area contributed by atoms with E-state index in [2.05, 4.69) is 43.4 Å². The summed E-state index contributed by atoms with van der Waals surface area (Å²) in [6.07, 6.45) is 0.925. The van der Waals surface area contributed by atoms with Gasteiger partial charge in [-0.1, -0.05) is 28.9 Å². The van der Waals surface area contributed by atoms with E-state index in [1.165, 1.54) is 0 Å². The molecule has 0 aliphatic carbocycles.